The lowest BCUT2D eigenvalue weighted by Crippen LogP contribution is -1.97. The fourth-order valence-electron chi connectivity index (χ4n) is 0.412. The number of carbonyl (C=O) groups is 1. The topological polar surface area (TPSA) is 37.3 Å². The summed E-state index contributed by atoms with van der Waals surface area (Å²) in [6.07, 6.45) is 1.09. The average molecular weight is 142 g/mol. The Balaban J connectivity index is 0. The Morgan fingerprint density at radius 2 is 2.00 bits per heavy atom. The number of carboxylic acids is 1. The highest BCUT2D eigenvalue weighted by Gasteiger charge is 1.97. The zero-order valence-corrected chi connectivity index (χ0v) is 5.35. The van der Waals surface area contributed by atoms with Gasteiger partial charge in [0, 0.05) is 6.42 Å². The first-order valence-electron chi connectivity index (χ1n) is 2.84. The summed E-state index contributed by atoms with van der Waals surface area (Å²) in [4.78, 5) is 9.90. The largest absolute Gasteiger partial charge is 0.481 e. The van der Waals surface area contributed by atoms with E-state index in [4.69, 9.17) is 5.11 Å². The Kier molecular flexibility index (Phi) is 8.45. The molecule has 2 nitrogen and oxygen atoms in total. The fraction of sp³-hybridized carbons (Fsp3) is 0.833. The first kappa shape index (κ1) is 12.0. The lowest BCUT2D eigenvalue weighted by Gasteiger charge is -1.97. The van der Waals surface area contributed by atoms with Gasteiger partial charge in [0.2, 0.25) is 0 Å². The summed E-state index contributed by atoms with van der Waals surface area (Å²) in [5, 5.41) is 8.16. The van der Waals surface area contributed by atoms with Gasteiger partial charge in [-0.1, -0.05) is 13.8 Å². The minimum absolute atomic E-state index is 0. The maximum absolute atomic E-state index is 9.90. The van der Waals surface area contributed by atoms with E-state index in [2.05, 4.69) is 0 Å². The van der Waals surface area contributed by atoms with Crippen molar-refractivity contribution < 1.29 is 9.90 Å². The molecule has 0 aromatic heterocycles. The van der Waals surface area contributed by atoms with Crippen LogP contribution in [0.3, 0.4) is 0 Å². The van der Waals surface area contributed by atoms with Gasteiger partial charge in [-0.05, 0) is 12.3 Å². The highest BCUT2D eigenvalue weighted by atomic mass is 24.3. The third-order valence-electron chi connectivity index (χ3n) is 0.936. The van der Waals surface area contributed by atoms with Crippen molar-refractivity contribution in [3.8, 4) is 0 Å². The zero-order chi connectivity index (χ0) is 6.57. The monoisotopic (exact) mass is 142 g/mol. The smallest absolute Gasteiger partial charge is 0.316 e. The van der Waals surface area contributed by atoms with Crippen LogP contribution in [0.25, 0.3) is 0 Å². The van der Waals surface area contributed by atoms with Crippen LogP contribution in [0.4, 0.5) is 0 Å². The molecule has 0 amide bonds. The molecule has 0 saturated heterocycles. The van der Waals surface area contributed by atoms with Gasteiger partial charge in [0.05, 0.1) is 0 Å². The molecular formula is C6H14MgO2. The molecule has 0 bridgehead atoms. The third kappa shape index (κ3) is 11.7. The molecule has 0 saturated carbocycles. The maximum atomic E-state index is 9.90. The minimum atomic E-state index is -0.696. The zero-order valence-electron chi connectivity index (χ0n) is 5.35. The Labute approximate surface area is 71.8 Å². The van der Waals surface area contributed by atoms with Gasteiger partial charge in [0.1, 0.15) is 0 Å². The second-order valence-corrected chi connectivity index (χ2v) is 2.33. The number of hydrogen-bond acceptors (Lipinski definition) is 1. The molecular weight excluding hydrogens is 128 g/mol. The summed E-state index contributed by atoms with van der Waals surface area (Å²) in [5.41, 5.74) is 0. The predicted octanol–water partition coefficient (Wildman–Crippen LogP) is 0.591. The van der Waals surface area contributed by atoms with Gasteiger partial charge >= 0.3 is 29.0 Å². The number of aliphatic carboxylic acids is 1. The van der Waals surface area contributed by atoms with Crippen LogP contribution in [-0.2, 0) is 4.79 Å². The van der Waals surface area contributed by atoms with Gasteiger partial charge in [-0.2, -0.15) is 0 Å². The second kappa shape index (κ2) is 6.36. The Morgan fingerprint density at radius 3 is 2.11 bits per heavy atom. The maximum Gasteiger partial charge on any atom is 0.316 e. The number of hydrogen-bond donors (Lipinski definition) is 1. The molecule has 0 aliphatic rings. The quantitative estimate of drug-likeness (QED) is 0.586. The van der Waals surface area contributed by atoms with E-state index in [9.17, 15) is 4.79 Å². The van der Waals surface area contributed by atoms with E-state index in [1.165, 1.54) is 0 Å². The molecule has 0 aliphatic heterocycles. The molecule has 0 radical (unpaired) electrons. The molecule has 0 fully saturated rings. The molecule has 0 unspecified atom stereocenters. The molecule has 9 heavy (non-hydrogen) atoms. The van der Waals surface area contributed by atoms with Crippen LogP contribution >= 0.6 is 0 Å². The van der Waals surface area contributed by atoms with Gasteiger partial charge in [-0.25, -0.2) is 0 Å². The molecule has 1 N–H and O–H groups in total. The van der Waals surface area contributed by atoms with Crippen molar-refractivity contribution in [1.82, 2.24) is 0 Å². The first-order valence-corrected chi connectivity index (χ1v) is 2.84. The highest BCUT2D eigenvalue weighted by molar-refractivity contribution is 5.75. The van der Waals surface area contributed by atoms with E-state index in [0.29, 0.717) is 12.3 Å². The molecule has 52 valence electrons. The van der Waals surface area contributed by atoms with E-state index in [1.807, 2.05) is 13.8 Å². The van der Waals surface area contributed by atoms with Crippen molar-refractivity contribution in [2.45, 2.75) is 26.7 Å². The van der Waals surface area contributed by atoms with Crippen LogP contribution in [0.15, 0.2) is 0 Å². The van der Waals surface area contributed by atoms with Crippen LogP contribution in [0.5, 0.6) is 0 Å². The van der Waals surface area contributed by atoms with Crippen molar-refractivity contribution in [2.75, 3.05) is 0 Å². The van der Waals surface area contributed by atoms with Crippen molar-refractivity contribution in [3.05, 3.63) is 0 Å². The van der Waals surface area contributed by atoms with Crippen LogP contribution in [-0.4, -0.2) is 34.1 Å². The van der Waals surface area contributed by atoms with Crippen LogP contribution in [0.2, 0.25) is 0 Å². The molecule has 0 heterocycles. The van der Waals surface area contributed by atoms with Crippen LogP contribution in [0.1, 0.15) is 26.7 Å². The summed E-state index contributed by atoms with van der Waals surface area (Å²) >= 11 is 0. The van der Waals surface area contributed by atoms with Gasteiger partial charge < -0.3 is 5.11 Å². The normalized spacial score (nSPS) is 8.78. The average Bonchev–Trinajstić information content (AvgIpc) is 1.61. The lowest BCUT2D eigenvalue weighted by atomic mass is 10.1. The van der Waals surface area contributed by atoms with Crippen molar-refractivity contribution >= 4 is 29.0 Å². The summed E-state index contributed by atoms with van der Waals surface area (Å²) < 4.78 is 0. The van der Waals surface area contributed by atoms with Crippen molar-refractivity contribution in [3.63, 3.8) is 0 Å². The molecule has 0 aromatic carbocycles. The minimum Gasteiger partial charge on any atom is -0.481 e. The van der Waals surface area contributed by atoms with E-state index in [1.54, 1.807) is 0 Å². The summed E-state index contributed by atoms with van der Waals surface area (Å²) in [6, 6.07) is 0. The molecule has 3 heteroatoms. The Hall–Kier alpha value is 0.236. The highest BCUT2D eigenvalue weighted by Crippen LogP contribution is 2.01. The first-order chi connectivity index (χ1) is 3.63. The fourth-order valence-corrected chi connectivity index (χ4v) is 0.412. The van der Waals surface area contributed by atoms with Crippen LogP contribution in [0, 0.1) is 5.92 Å². The molecule has 0 aliphatic carbocycles. The Morgan fingerprint density at radius 1 is 1.56 bits per heavy atom. The lowest BCUT2D eigenvalue weighted by molar-refractivity contribution is -0.137. The predicted molar refractivity (Wildman–Crippen MR) is 40.3 cm³/mol. The number of rotatable bonds is 3. The standard InChI is InChI=1S/C6H12O2.Mg.2H/c1-5(2)3-4-6(7)8;;;/h5H,3-4H2,1-2H3,(H,7,8);;;. The van der Waals surface area contributed by atoms with Gasteiger partial charge in [-0.3, -0.25) is 4.79 Å². The molecule has 0 atom stereocenters. The van der Waals surface area contributed by atoms with Crippen molar-refractivity contribution in [1.29, 1.82) is 0 Å². The molecule has 0 spiro atoms. The molecule has 0 rings (SSSR count). The molecule has 0 aromatic rings. The van der Waals surface area contributed by atoms with E-state index in [-0.39, 0.29) is 23.1 Å². The third-order valence-corrected chi connectivity index (χ3v) is 0.936. The van der Waals surface area contributed by atoms with Crippen molar-refractivity contribution in [2.24, 2.45) is 5.92 Å². The SMILES string of the molecule is CC(C)CCC(=O)O.[MgH2]. The van der Waals surface area contributed by atoms with E-state index >= 15 is 0 Å². The second-order valence-electron chi connectivity index (χ2n) is 2.33. The summed E-state index contributed by atoms with van der Waals surface area (Å²) in [6.45, 7) is 4.03. The summed E-state index contributed by atoms with van der Waals surface area (Å²) in [5.74, 6) is -0.190. The van der Waals surface area contributed by atoms with Gasteiger partial charge in [0.25, 0.3) is 0 Å². The summed E-state index contributed by atoms with van der Waals surface area (Å²) in [7, 11) is 0. The van der Waals surface area contributed by atoms with E-state index < -0.39 is 5.97 Å². The van der Waals surface area contributed by atoms with Gasteiger partial charge in [0.15, 0.2) is 0 Å². The number of carboxylic acid groups (broad SMARTS) is 1. The van der Waals surface area contributed by atoms with E-state index in [0.717, 1.165) is 6.42 Å². The van der Waals surface area contributed by atoms with Gasteiger partial charge in [-0.15, -0.1) is 0 Å². The Bertz CT molecular complexity index is 81.1. The van der Waals surface area contributed by atoms with Crippen LogP contribution < -0.4 is 0 Å².